The Balaban J connectivity index is 1.81. The van der Waals surface area contributed by atoms with Crippen LogP contribution in [0.15, 0.2) is 24.3 Å². The Bertz CT molecular complexity index is 330. The average molecular weight is 212 g/mol. The Morgan fingerprint density at radius 1 is 0.938 bits per heavy atom. The van der Waals surface area contributed by atoms with Crippen molar-refractivity contribution in [3.8, 4) is 0 Å². The zero-order valence-electron chi connectivity index (χ0n) is 9.19. The van der Waals surface area contributed by atoms with E-state index in [0.717, 1.165) is 25.7 Å². The van der Waals surface area contributed by atoms with Crippen LogP contribution >= 0.6 is 0 Å². The normalized spacial score (nSPS) is 19.8. The highest BCUT2D eigenvalue weighted by Crippen LogP contribution is 2.23. The van der Waals surface area contributed by atoms with Gasteiger partial charge in [0.2, 0.25) is 14.8 Å². The fraction of sp³-hybridized carbons (Fsp3) is 0.400. The van der Waals surface area contributed by atoms with Gasteiger partial charge in [-0.3, -0.25) is 10.7 Å². The van der Waals surface area contributed by atoms with Crippen LogP contribution in [0.3, 0.4) is 0 Å². The van der Waals surface area contributed by atoms with Crippen molar-refractivity contribution in [2.24, 2.45) is 0 Å². The van der Waals surface area contributed by atoms with Crippen molar-refractivity contribution in [1.82, 2.24) is 10.7 Å². The number of anilines is 2. The Hall–Kier alpha value is -1.13. The summed E-state index contributed by atoms with van der Waals surface area (Å²) in [5.74, 6) is 0. The summed E-state index contributed by atoms with van der Waals surface area (Å²) in [6.45, 7) is 2.09. The summed E-state index contributed by atoms with van der Waals surface area (Å²) in [6, 6.07) is 8.58. The van der Waals surface area contributed by atoms with Crippen LogP contribution in [0, 0.1) is 0 Å². The van der Waals surface area contributed by atoms with Gasteiger partial charge in [-0.05, 0) is 30.8 Å². The minimum Gasteiger partial charge on any atom is -0.320 e. The lowest BCUT2D eigenvalue weighted by molar-refractivity contribution is 0.856. The van der Waals surface area contributed by atoms with Crippen LogP contribution in [0.2, 0.25) is 12.6 Å². The van der Waals surface area contributed by atoms with Crippen molar-refractivity contribution in [2.75, 3.05) is 23.1 Å². The number of hydrogen-bond acceptors (Lipinski definition) is 4. The standard InChI is InChI=1S/C10H14B2N4/c1-2-9(15-6-4-11-13-15)8-10(3-1)16-7-5-12-14-16/h1-3,8,13-14H,4-7H2. The van der Waals surface area contributed by atoms with Gasteiger partial charge >= 0.3 is 0 Å². The van der Waals surface area contributed by atoms with E-state index in [2.05, 4.69) is 59.8 Å². The smallest absolute Gasteiger partial charge is 0.234 e. The highest BCUT2D eigenvalue weighted by Gasteiger charge is 2.16. The molecule has 16 heavy (non-hydrogen) atoms. The van der Waals surface area contributed by atoms with Crippen molar-refractivity contribution in [3.05, 3.63) is 24.3 Å². The third-order valence-corrected chi connectivity index (χ3v) is 2.94. The number of rotatable bonds is 2. The lowest BCUT2D eigenvalue weighted by atomic mass is 9.94. The van der Waals surface area contributed by atoms with Gasteiger partial charge in [0.25, 0.3) is 0 Å². The van der Waals surface area contributed by atoms with Crippen LogP contribution < -0.4 is 20.7 Å². The second kappa shape index (κ2) is 4.39. The highest BCUT2D eigenvalue weighted by molar-refractivity contribution is 6.34. The molecular weight excluding hydrogens is 198 g/mol. The molecule has 0 bridgehead atoms. The zero-order valence-corrected chi connectivity index (χ0v) is 9.19. The van der Waals surface area contributed by atoms with Crippen LogP contribution in [0.25, 0.3) is 0 Å². The van der Waals surface area contributed by atoms with Crippen LogP contribution in [0.4, 0.5) is 11.4 Å². The third kappa shape index (κ3) is 1.90. The first-order valence-electron chi connectivity index (χ1n) is 5.74. The third-order valence-electron chi connectivity index (χ3n) is 2.94. The predicted molar refractivity (Wildman–Crippen MR) is 68.5 cm³/mol. The molecule has 2 aliphatic heterocycles. The molecule has 2 saturated heterocycles. The molecule has 0 spiro atoms. The van der Waals surface area contributed by atoms with Crippen molar-refractivity contribution in [3.63, 3.8) is 0 Å². The van der Waals surface area contributed by atoms with Gasteiger partial charge in [-0.15, -0.1) is 0 Å². The molecule has 4 nitrogen and oxygen atoms in total. The lowest BCUT2D eigenvalue weighted by Crippen LogP contribution is -2.33. The maximum Gasteiger partial charge on any atom is 0.234 e. The average Bonchev–Trinajstić information content (AvgIpc) is 3.03. The van der Waals surface area contributed by atoms with Crippen LogP contribution in [-0.4, -0.2) is 27.9 Å². The molecule has 0 saturated carbocycles. The SMILES string of the molecule is [B]1CCN(c2cccc(N3CC[B]N3)c2)N1. The van der Waals surface area contributed by atoms with Crippen LogP contribution in [0.5, 0.6) is 0 Å². The summed E-state index contributed by atoms with van der Waals surface area (Å²) in [6.07, 6.45) is 2.19. The first-order valence-corrected chi connectivity index (χ1v) is 5.74. The Kier molecular flexibility index (Phi) is 2.76. The molecule has 0 unspecified atom stereocenters. The molecule has 0 aromatic heterocycles. The summed E-state index contributed by atoms with van der Waals surface area (Å²) in [5, 5.41) is 10.8. The fourth-order valence-electron chi connectivity index (χ4n) is 2.10. The van der Waals surface area contributed by atoms with E-state index >= 15 is 0 Å². The number of nitrogens with one attached hydrogen (secondary N) is 2. The van der Waals surface area contributed by atoms with Gasteiger partial charge in [0.15, 0.2) is 0 Å². The number of benzene rings is 1. The fourth-order valence-corrected chi connectivity index (χ4v) is 2.10. The molecule has 2 aliphatic rings. The summed E-state index contributed by atoms with van der Waals surface area (Å²) in [4.78, 5) is 0. The highest BCUT2D eigenvalue weighted by atomic mass is 15.5. The van der Waals surface area contributed by atoms with Crippen molar-refractivity contribution in [2.45, 2.75) is 12.6 Å². The van der Waals surface area contributed by atoms with Gasteiger partial charge in [0.05, 0.1) is 11.4 Å². The van der Waals surface area contributed by atoms with E-state index in [1.54, 1.807) is 0 Å². The van der Waals surface area contributed by atoms with Crippen molar-refractivity contribution >= 4 is 26.2 Å². The van der Waals surface area contributed by atoms with Gasteiger partial charge in [-0.25, -0.2) is 0 Å². The van der Waals surface area contributed by atoms with Gasteiger partial charge in [0, 0.05) is 13.1 Å². The van der Waals surface area contributed by atoms with E-state index < -0.39 is 0 Å². The van der Waals surface area contributed by atoms with E-state index in [9.17, 15) is 0 Å². The minimum absolute atomic E-state index is 1.04. The largest absolute Gasteiger partial charge is 0.320 e. The lowest BCUT2D eigenvalue weighted by Gasteiger charge is -2.23. The zero-order chi connectivity index (χ0) is 10.8. The Morgan fingerprint density at radius 2 is 1.50 bits per heavy atom. The summed E-state index contributed by atoms with van der Waals surface area (Å²) < 4.78 is 0. The minimum atomic E-state index is 1.04. The number of nitrogens with zero attached hydrogens (tertiary/aromatic N) is 2. The van der Waals surface area contributed by atoms with Crippen molar-refractivity contribution < 1.29 is 0 Å². The summed E-state index contributed by atoms with van der Waals surface area (Å²) in [7, 11) is 4.18. The Morgan fingerprint density at radius 3 is 1.94 bits per heavy atom. The second-order valence-electron chi connectivity index (χ2n) is 4.07. The summed E-state index contributed by atoms with van der Waals surface area (Å²) in [5.41, 5.74) is 2.44. The predicted octanol–water partition coefficient (Wildman–Crippen LogP) is 0.411. The molecule has 2 fully saturated rings. The van der Waals surface area contributed by atoms with Crippen molar-refractivity contribution in [1.29, 1.82) is 0 Å². The molecule has 2 radical (unpaired) electrons. The van der Waals surface area contributed by atoms with E-state index in [-0.39, 0.29) is 0 Å². The van der Waals surface area contributed by atoms with Crippen LogP contribution in [0.1, 0.15) is 0 Å². The molecule has 1 aromatic carbocycles. The molecule has 2 N–H and O–H groups in total. The molecule has 3 rings (SSSR count). The van der Waals surface area contributed by atoms with E-state index in [0.29, 0.717) is 0 Å². The maximum absolute atomic E-state index is 3.25. The van der Waals surface area contributed by atoms with Gasteiger partial charge in [-0.2, -0.15) is 0 Å². The van der Waals surface area contributed by atoms with Gasteiger partial charge in [-0.1, -0.05) is 6.07 Å². The van der Waals surface area contributed by atoms with E-state index in [4.69, 9.17) is 0 Å². The topological polar surface area (TPSA) is 30.5 Å². The molecule has 1 aromatic rings. The first kappa shape index (κ1) is 10.1. The molecular formula is C10H14B2N4. The molecule has 0 aliphatic carbocycles. The van der Waals surface area contributed by atoms with Crippen LogP contribution in [-0.2, 0) is 0 Å². The molecule has 6 heteroatoms. The second-order valence-corrected chi connectivity index (χ2v) is 4.07. The quantitative estimate of drug-likeness (QED) is 0.695. The first-order chi connectivity index (χ1) is 7.93. The Labute approximate surface area is 97.5 Å². The van der Waals surface area contributed by atoms with Gasteiger partial charge < -0.3 is 10.0 Å². The van der Waals surface area contributed by atoms with Gasteiger partial charge in [0.1, 0.15) is 0 Å². The van der Waals surface area contributed by atoms with E-state index in [1.165, 1.54) is 11.4 Å². The molecule has 0 amide bonds. The molecule has 0 atom stereocenters. The molecule has 2 heterocycles. The van der Waals surface area contributed by atoms with E-state index in [1.807, 2.05) is 0 Å². The number of hydrazine groups is 2. The number of hydrogen-bond donors (Lipinski definition) is 2. The summed E-state index contributed by atoms with van der Waals surface area (Å²) >= 11 is 0. The molecule has 80 valence electrons. The monoisotopic (exact) mass is 212 g/mol. The maximum atomic E-state index is 3.25.